The second-order valence-electron chi connectivity index (χ2n) is 9.96. The molecule has 0 radical (unpaired) electrons. The summed E-state index contributed by atoms with van der Waals surface area (Å²) < 4.78 is 47.8. The number of nitrogens with one attached hydrogen (secondary N) is 1. The van der Waals surface area contributed by atoms with Crippen LogP contribution in [0.3, 0.4) is 0 Å². The molecule has 2 amide bonds. The number of amides is 2. The van der Waals surface area contributed by atoms with Gasteiger partial charge in [0.1, 0.15) is 24.2 Å². The smallest absolute Gasteiger partial charge is 0.264 e. The molecule has 11 heteroatoms. The Morgan fingerprint density at radius 2 is 1.76 bits per heavy atom. The highest BCUT2D eigenvalue weighted by atomic mass is 35.5. The van der Waals surface area contributed by atoms with E-state index in [1.54, 1.807) is 49.4 Å². The molecule has 1 atom stereocenters. The van der Waals surface area contributed by atoms with Gasteiger partial charge in [-0.1, -0.05) is 54.8 Å². The van der Waals surface area contributed by atoms with Crippen molar-refractivity contribution >= 4 is 39.1 Å². The number of rotatable bonds is 11. The highest BCUT2D eigenvalue weighted by molar-refractivity contribution is 7.92. The standard InChI is InChI=1S/C30H33ClFN3O5S/c1-21(30(37)33-23-10-6-7-11-23)34(19-22-9-8-12-25(17-22)40-2)29(36)20-35(24-15-16-28(32)27(31)18-24)41(38,39)26-13-4-3-5-14-26/h3-5,8-9,12-18,21,23H,6-7,10-11,19-20H2,1-2H3,(H,33,37). The number of carbonyl (C=O) groups excluding carboxylic acids is 2. The highest BCUT2D eigenvalue weighted by Crippen LogP contribution is 2.28. The van der Waals surface area contributed by atoms with Crippen LogP contribution >= 0.6 is 11.6 Å². The van der Waals surface area contributed by atoms with E-state index in [9.17, 15) is 22.4 Å². The third-order valence-electron chi connectivity index (χ3n) is 7.16. The number of hydrogen-bond donors (Lipinski definition) is 1. The molecular weight excluding hydrogens is 569 g/mol. The summed E-state index contributed by atoms with van der Waals surface area (Å²) in [7, 11) is -2.75. The van der Waals surface area contributed by atoms with Crippen molar-refractivity contribution in [1.82, 2.24) is 10.2 Å². The fraction of sp³-hybridized carbons (Fsp3) is 0.333. The molecule has 41 heavy (non-hydrogen) atoms. The lowest BCUT2D eigenvalue weighted by atomic mass is 10.1. The molecule has 0 aliphatic heterocycles. The van der Waals surface area contributed by atoms with Crippen molar-refractivity contribution in [3.8, 4) is 5.75 Å². The van der Waals surface area contributed by atoms with E-state index in [1.165, 1.54) is 30.2 Å². The van der Waals surface area contributed by atoms with Crippen LogP contribution in [0.2, 0.25) is 5.02 Å². The molecule has 3 aromatic carbocycles. The van der Waals surface area contributed by atoms with Gasteiger partial charge in [-0.2, -0.15) is 0 Å². The van der Waals surface area contributed by atoms with Gasteiger partial charge in [-0.15, -0.1) is 0 Å². The molecule has 1 aliphatic rings. The highest BCUT2D eigenvalue weighted by Gasteiger charge is 2.33. The van der Waals surface area contributed by atoms with Gasteiger partial charge in [0.05, 0.1) is 22.7 Å². The molecule has 8 nitrogen and oxygen atoms in total. The molecule has 1 N–H and O–H groups in total. The van der Waals surface area contributed by atoms with E-state index in [0.29, 0.717) is 11.3 Å². The van der Waals surface area contributed by atoms with Gasteiger partial charge in [-0.25, -0.2) is 12.8 Å². The second-order valence-corrected chi connectivity index (χ2v) is 12.2. The molecule has 0 heterocycles. The van der Waals surface area contributed by atoms with Crippen LogP contribution in [0.1, 0.15) is 38.2 Å². The summed E-state index contributed by atoms with van der Waals surface area (Å²) in [4.78, 5) is 28.6. The minimum atomic E-state index is -4.28. The number of methoxy groups -OCH3 is 1. The predicted molar refractivity (Wildman–Crippen MR) is 156 cm³/mol. The first-order chi connectivity index (χ1) is 19.6. The summed E-state index contributed by atoms with van der Waals surface area (Å²) in [5.41, 5.74) is 0.707. The number of nitrogens with zero attached hydrogens (tertiary/aromatic N) is 2. The van der Waals surface area contributed by atoms with Crippen LogP contribution in [-0.2, 0) is 26.2 Å². The summed E-state index contributed by atoms with van der Waals surface area (Å²) in [5, 5.41) is 2.74. The first-order valence-corrected chi connectivity index (χ1v) is 15.2. The number of benzene rings is 3. The topological polar surface area (TPSA) is 96.0 Å². The van der Waals surface area contributed by atoms with Crippen molar-refractivity contribution in [2.45, 2.75) is 56.1 Å². The normalized spacial score (nSPS) is 14.3. The van der Waals surface area contributed by atoms with Crippen molar-refractivity contribution < 1.29 is 27.1 Å². The fourth-order valence-corrected chi connectivity index (χ4v) is 6.43. The predicted octanol–water partition coefficient (Wildman–Crippen LogP) is 5.16. The molecule has 0 saturated heterocycles. The number of ether oxygens (including phenoxy) is 1. The van der Waals surface area contributed by atoms with Crippen LogP contribution in [0, 0.1) is 5.82 Å². The molecule has 1 saturated carbocycles. The number of hydrogen-bond acceptors (Lipinski definition) is 5. The third kappa shape index (κ3) is 7.37. The molecule has 4 rings (SSSR count). The molecule has 0 bridgehead atoms. The number of carbonyl (C=O) groups is 2. The van der Waals surface area contributed by atoms with Crippen LogP contribution < -0.4 is 14.4 Å². The van der Waals surface area contributed by atoms with Gasteiger partial charge in [0.2, 0.25) is 11.8 Å². The zero-order valence-electron chi connectivity index (χ0n) is 22.9. The lowest BCUT2D eigenvalue weighted by Crippen LogP contribution is -2.52. The monoisotopic (exact) mass is 601 g/mol. The zero-order valence-corrected chi connectivity index (χ0v) is 24.5. The quantitative estimate of drug-likeness (QED) is 0.328. The summed E-state index contributed by atoms with van der Waals surface area (Å²) in [6.45, 7) is 0.996. The van der Waals surface area contributed by atoms with E-state index in [-0.39, 0.29) is 34.1 Å². The van der Waals surface area contributed by atoms with Crippen molar-refractivity contribution in [3.05, 3.63) is 89.2 Å². The van der Waals surface area contributed by atoms with E-state index in [0.717, 1.165) is 42.1 Å². The molecule has 1 fully saturated rings. The maximum absolute atomic E-state index is 14.0. The lowest BCUT2D eigenvalue weighted by Gasteiger charge is -2.32. The SMILES string of the molecule is COc1cccc(CN(C(=O)CN(c2ccc(F)c(Cl)c2)S(=O)(=O)c2ccccc2)C(C)C(=O)NC2CCCC2)c1. The van der Waals surface area contributed by atoms with Gasteiger partial charge in [-0.3, -0.25) is 13.9 Å². The van der Waals surface area contributed by atoms with Crippen molar-refractivity contribution in [1.29, 1.82) is 0 Å². The Bertz CT molecular complexity index is 1480. The Balaban J connectivity index is 1.70. The van der Waals surface area contributed by atoms with Crippen molar-refractivity contribution in [2.75, 3.05) is 18.0 Å². The second kappa shape index (κ2) is 13.4. The Hall–Kier alpha value is -3.63. The molecule has 218 valence electrons. The number of anilines is 1. The van der Waals surface area contributed by atoms with Crippen LogP contribution in [0.15, 0.2) is 77.7 Å². The third-order valence-corrected chi connectivity index (χ3v) is 9.23. The lowest BCUT2D eigenvalue weighted by molar-refractivity contribution is -0.139. The summed E-state index contributed by atoms with van der Waals surface area (Å²) in [5.74, 6) is -1.10. The molecule has 3 aromatic rings. The Morgan fingerprint density at radius 3 is 2.41 bits per heavy atom. The minimum absolute atomic E-state index is 0.0120. The zero-order chi connectivity index (χ0) is 29.6. The Morgan fingerprint density at radius 1 is 1.05 bits per heavy atom. The van der Waals surface area contributed by atoms with E-state index >= 15 is 0 Å². The first kappa shape index (κ1) is 30.3. The van der Waals surface area contributed by atoms with Gasteiger partial charge < -0.3 is 15.0 Å². The van der Waals surface area contributed by atoms with Gasteiger partial charge in [-0.05, 0) is 67.8 Å². The molecule has 1 aliphatic carbocycles. The molecule has 0 aromatic heterocycles. The summed E-state index contributed by atoms with van der Waals surface area (Å²) in [6.07, 6.45) is 3.80. The Kier molecular flexibility index (Phi) is 9.88. The van der Waals surface area contributed by atoms with Crippen LogP contribution in [0.4, 0.5) is 10.1 Å². The van der Waals surface area contributed by atoms with E-state index < -0.39 is 34.3 Å². The molecular formula is C30H33ClFN3O5S. The van der Waals surface area contributed by atoms with Crippen molar-refractivity contribution in [2.24, 2.45) is 0 Å². The van der Waals surface area contributed by atoms with Crippen molar-refractivity contribution in [3.63, 3.8) is 0 Å². The van der Waals surface area contributed by atoms with Crippen LogP contribution in [0.25, 0.3) is 0 Å². The minimum Gasteiger partial charge on any atom is -0.497 e. The van der Waals surface area contributed by atoms with Crippen LogP contribution in [-0.4, -0.2) is 50.9 Å². The molecule has 0 spiro atoms. The van der Waals surface area contributed by atoms with E-state index in [4.69, 9.17) is 16.3 Å². The fourth-order valence-electron chi connectivity index (χ4n) is 4.83. The van der Waals surface area contributed by atoms with Gasteiger partial charge in [0.25, 0.3) is 10.0 Å². The largest absolute Gasteiger partial charge is 0.497 e. The maximum Gasteiger partial charge on any atom is 0.264 e. The van der Waals surface area contributed by atoms with Gasteiger partial charge in [0, 0.05) is 12.6 Å². The van der Waals surface area contributed by atoms with E-state index in [1.807, 2.05) is 0 Å². The molecule has 1 unspecified atom stereocenters. The van der Waals surface area contributed by atoms with Crippen LogP contribution in [0.5, 0.6) is 5.75 Å². The summed E-state index contributed by atoms with van der Waals surface area (Å²) in [6, 6.07) is 17.3. The first-order valence-electron chi connectivity index (χ1n) is 13.4. The number of halogens is 2. The van der Waals surface area contributed by atoms with Gasteiger partial charge >= 0.3 is 0 Å². The average Bonchev–Trinajstić information content (AvgIpc) is 3.49. The number of sulfonamides is 1. The average molecular weight is 602 g/mol. The maximum atomic E-state index is 14.0. The summed E-state index contributed by atoms with van der Waals surface area (Å²) >= 11 is 6.01. The Labute approximate surface area is 245 Å². The van der Waals surface area contributed by atoms with Gasteiger partial charge in [0.15, 0.2) is 0 Å². The van der Waals surface area contributed by atoms with E-state index in [2.05, 4.69) is 5.32 Å².